The number of benzene rings is 2. The standard InChI is InChI=1S/C58H71F4N13O9S/c1-33-28-74(29-34(2)71(33)7)45-23-43(59)40(21-44(45)69-53(81)41-27-64-48(78)22-42(41)58(60,61)62)38-25-66-56(67-26-38)73-17-15-72(16-18-73)50(80)13-12-47(77)63-14-19-84-31-49(79)70-52(57(4,5)6)55(83)75-30-39(76)20-46(75)54(82)65-24-36-8-10-37(11-9-36)51-35(3)68-32-85-51/h8-11,21-23,25-27,32-34,39,46,52,76H,12-20,24,28-31H2,1-7H3,(H,63,77)(H,64,78)(H,65,82)(H,69,81)(H,70,79)/t33-,34+,39-,46+,52?/m1/s1. The molecule has 2 aromatic carbocycles. The van der Waals surface area contributed by atoms with Crippen molar-refractivity contribution in [1.82, 2.24) is 50.6 Å². The Hall–Kier alpha value is -7.88. The molecule has 85 heavy (non-hydrogen) atoms. The van der Waals surface area contributed by atoms with E-state index in [0.29, 0.717) is 38.4 Å². The highest BCUT2D eigenvalue weighted by atomic mass is 32.1. The summed E-state index contributed by atoms with van der Waals surface area (Å²) in [5.74, 6) is -3.80. The lowest BCUT2D eigenvalue weighted by molar-refractivity contribution is -0.144. The summed E-state index contributed by atoms with van der Waals surface area (Å²) >= 11 is 1.54. The lowest BCUT2D eigenvalue weighted by Gasteiger charge is -2.44. The lowest BCUT2D eigenvalue weighted by atomic mass is 9.85. The number of aliphatic hydroxyl groups excluding tert-OH is 1. The molecule has 3 aliphatic heterocycles. The molecule has 22 nitrogen and oxygen atoms in total. The van der Waals surface area contributed by atoms with Gasteiger partial charge in [0.05, 0.1) is 51.3 Å². The highest BCUT2D eigenvalue weighted by Gasteiger charge is 2.45. The topological polar surface area (TPSA) is 268 Å². The van der Waals surface area contributed by atoms with Crippen LogP contribution in [0.4, 0.5) is 34.9 Å². The number of rotatable bonds is 19. The molecule has 0 aliphatic carbocycles. The number of aliphatic hydroxyl groups is 1. The maximum absolute atomic E-state index is 16.2. The first-order chi connectivity index (χ1) is 40.2. The zero-order valence-electron chi connectivity index (χ0n) is 48.3. The summed E-state index contributed by atoms with van der Waals surface area (Å²) in [5, 5.41) is 21.4. The summed E-state index contributed by atoms with van der Waals surface area (Å²) in [5.41, 5.74) is 0.929. The van der Waals surface area contributed by atoms with Crippen LogP contribution in [0.15, 0.2) is 71.4 Å². The van der Waals surface area contributed by atoms with E-state index in [0.717, 1.165) is 21.7 Å². The van der Waals surface area contributed by atoms with Crippen LogP contribution in [0.3, 0.4) is 0 Å². The number of carbonyl (C=O) groups excluding carboxylic acids is 6. The molecule has 5 atom stereocenters. The van der Waals surface area contributed by atoms with Crippen LogP contribution < -0.4 is 36.6 Å². The molecule has 3 saturated heterocycles. The van der Waals surface area contributed by atoms with E-state index in [2.05, 4.69) is 46.1 Å². The molecule has 6 amide bonds. The average molecular weight is 1200 g/mol. The SMILES string of the molecule is Cc1ncsc1-c1ccc(CNC(=O)[C@@H]2C[C@@H](O)CN2C(=O)C(NC(=O)COCCNC(=O)CCC(=O)N2CCN(c3ncc(-c4cc(NC(=O)c5c[nH]c(=O)cc5C(F)(F)F)c(N5C[C@@H](C)N(C)[C@@H](C)C5)cc4F)cn3)CC2)C(C)(C)C)cc1. The molecule has 27 heteroatoms. The summed E-state index contributed by atoms with van der Waals surface area (Å²) in [6.07, 6.45) is -2.65. The third kappa shape index (κ3) is 15.7. The van der Waals surface area contributed by atoms with Crippen molar-refractivity contribution in [2.45, 2.75) is 104 Å². The number of nitrogens with zero attached hydrogens (tertiary/aromatic N) is 8. The number of alkyl halides is 3. The quantitative estimate of drug-likeness (QED) is 0.0489. The van der Waals surface area contributed by atoms with E-state index in [4.69, 9.17) is 4.74 Å². The van der Waals surface area contributed by atoms with Crippen molar-refractivity contribution in [2.75, 3.05) is 87.7 Å². The monoisotopic (exact) mass is 1200 g/mol. The fourth-order valence-electron chi connectivity index (χ4n) is 10.5. The summed E-state index contributed by atoms with van der Waals surface area (Å²) in [4.78, 5) is 117. The van der Waals surface area contributed by atoms with Gasteiger partial charge in [0.1, 0.15) is 24.5 Å². The van der Waals surface area contributed by atoms with Gasteiger partial charge < -0.3 is 55.7 Å². The van der Waals surface area contributed by atoms with Crippen molar-refractivity contribution >= 4 is 64.1 Å². The summed E-state index contributed by atoms with van der Waals surface area (Å²) in [7, 11) is 1.95. The molecule has 0 radical (unpaired) electrons. The van der Waals surface area contributed by atoms with E-state index in [-0.39, 0.29) is 105 Å². The van der Waals surface area contributed by atoms with Gasteiger partial charge in [-0.3, -0.25) is 38.5 Å². The number of nitrogens with one attached hydrogen (secondary N) is 5. The van der Waals surface area contributed by atoms with Gasteiger partial charge in [0.25, 0.3) is 5.91 Å². The Bertz CT molecular complexity index is 3280. The molecule has 3 aliphatic rings. The number of likely N-dealkylation sites (N-methyl/N-ethyl adjacent to an activating group) is 1. The molecule has 0 saturated carbocycles. The predicted octanol–water partition coefficient (Wildman–Crippen LogP) is 4.57. The number of carbonyl (C=O) groups is 6. The van der Waals surface area contributed by atoms with Crippen LogP contribution in [0.25, 0.3) is 21.6 Å². The average Bonchev–Trinajstić information content (AvgIpc) is 4.18. The molecule has 3 aromatic heterocycles. The molecule has 1 unspecified atom stereocenters. The number of ether oxygens (including phenoxy) is 1. The molecule has 0 bridgehead atoms. The van der Waals surface area contributed by atoms with Crippen molar-refractivity contribution in [3.8, 4) is 21.6 Å². The van der Waals surface area contributed by atoms with E-state index >= 15 is 4.39 Å². The number of halogens is 4. The second-order valence-electron chi connectivity index (χ2n) is 22.7. The number of β-amino-alcohol motifs (C(OH)–C–C–N with tert-alkyl or cyclic N) is 1. The van der Waals surface area contributed by atoms with Gasteiger partial charge in [-0.2, -0.15) is 13.2 Å². The van der Waals surface area contributed by atoms with E-state index in [1.807, 2.05) is 61.9 Å². The Morgan fingerprint density at radius 3 is 2.19 bits per heavy atom. The van der Waals surface area contributed by atoms with E-state index < -0.39 is 88.4 Å². The number of aromatic nitrogens is 4. The number of hydrogen-bond donors (Lipinski definition) is 6. The van der Waals surface area contributed by atoms with E-state index in [1.54, 1.807) is 42.5 Å². The van der Waals surface area contributed by atoms with Crippen LogP contribution in [-0.4, -0.2) is 178 Å². The van der Waals surface area contributed by atoms with Gasteiger partial charge in [-0.1, -0.05) is 45.0 Å². The Morgan fingerprint density at radius 2 is 1.55 bits per heavy atom. The molecule has 8 rings (SSSR count). The molecule has 6 N–H and O–H groups in total. The smallest absolute Gasteiger partial charge is 0.391 e. The molecule has 5 aromatic rings. The Morgan fingerprint density at radius 1 is 0.871 bits per heavy atom. The van der Waals surface area contributed by atoms with Gasteiger partial charge >= 0.3 is 6.18 Å². The van der Waals surface area contributed by atoms with Gasteiger partial charge in [-0.15, -0.1) is 11.3 Å². The summed E-state index contributed by atoms with van der Waals surface area (Å²) in [6.45, 7) is 13.0. The minimum Gasteiger partial charge on any atom is -0.391 e. The largest absolute Gasteiger partial charge is 0.417 e. The minimum absolute atomic E-state index is 0.00403. The van der Waals surface area contributed by atoms with Crippen LogP contribution in [0, 0.1) is 18.2 Å². The minimum atomic E-state index is -5.02. The summed E-state index contributed by atoms with van der Waals surface area (Å²) < 4.78 is 63.7. The maximum Gasteiger partial charge on any atom is 0.417 e. The van der Waals surface area contributed by atoms with Crippen LogP contribution in [0.1, 0.15) is 81.1 Å². The van der Waals surface area contributed by atoms with Gasteiger partial charge in [0.15, 0.2) is 0 Å². The third-order valence-corrected chi connectivity index (χ3v) is 16.4. The van der Waals surface area contributed by atoms with Gasteiger partial charge in [-0.25, -0.2) is 19.3 Å². The first-order valence-electron chi connectivity index (χ1n) is 27.9. The number of pyridine rings is 1. The number of aryl methyl sites for hydroxylation is 1. The second-order valence-corrected chi connectivity index (χ2v) is 23.5. The van der Waals surface area contributed by atoms with Gasteiger partial charge in [-0.05, 0) is 56.5 Å². The van der Waals surface area contributed by atoms with Crippen molar-refractivity contribution in [3.05, 3.63) is 105 Å². The number of hydrogen-bond acceptors (Lipinski definition) is 16. The normalized spacial score (nSPS) is 18.9. The molecule has 3 fully saturated rings. The highest BCUT2D eigenvalue weighted by Crippen LogP contribution is 2.38. The van der Waals surface area contributed by atoms with Crippen LogP contribution >= 0.6 is 11.3 Å². The maximum atomic E-state index is 16.2. The number of piperazine rings is 2. The number of thiazole rings is 1. The number of aromatic amines is 1. The van der Waals surface area contributed by atoms with Crippen molar-refractivity contribution < 1.29 is 56.2 Å². The number of amides is 6. The third-order valence-electron chi connectivity index (χ3n) is 15.5. The van der Waals surface area contributed by atoms with Crippen LogP contribution in [0.2, 0.25) is 0 Å². The Labute approximate surface area is 492 Å². The Kier molecular flexibility index (Phi) is 20.1. The van der Waals surface area contributed by atoms with Crippen molar-refractivity contribution in [1.29, 1.82) is 0 Å². The van der Waals surface area contributed by atoms with Crippen LogP contribution in [-0.2, 0) is 41.4 Å². The number of likely N-dealkylation sites (tertiary alicyclic amines) is 1. The Balaban J connectivity index is 0.771. The molecule has 6 heterocycles. The number of H-pyrrole nitrogens is 1. The fourth-order valence-corrected chi connectivity index (χ4v) is 11.3. The number of anilines is 3. The fraction of sp³-hybridized carbons (Fsp3) is 0.483. The van der Waals surface area contributed by atoms with Crippen molar-refractivity contribution in [2.24, 2.45) is 5.41 Å². The zero-order chi connectivity index (χ0) is 61.5. The zero-order valence-corrected chi connectivity index (χ0v) is 49.2. The molecule has 456 valence electrons. The first-order valence-corrected chi connectivity index (χ1v) is 28.8. The first kappa shape index (κ1) is 63.1. The predicted molar refractivity (Wildman–Crippen MR) is 310 cm³/mol. The van der Waals surface area contributed by atoms with Gasteiger partial charge in [0, 0.05) is 126 Å². The highest BCUT2D eigenvalue weighted by molar-refractivity contribution is 7.13. The van der Waals surface area contributed by atoms with Crippen molar-refractivity contribution in [3.63, 3.8) is 0 Å². The van der Waals surface area contributed by atoms with Crippen LogP contribution in [0.5, 0.6) is 0 Å². The molecular weight excluding hydrogens is 1130 g/mol. The van der Waals surface area contributed by atoms with Gasteiger partial charge in [0.2, 0.25) is 41.0 Å². The van der Waals surface area contributed by atoms with E-state index in [9.17, 15) is 51.8 Å². The summed E-state index contributed by atoms with van der Waals surface area (Å²) in [6, 6.07) is 8.55. The molecule has 0 spiro atoms. The molecular formula is C58H71F4N13O9S. The lowest BCUT2D eigenvalue weighted by Crippen LogP contribution is -2.58. The second kappa shape index (κ2) is 27.0. The van der Waals surface area contributed by atoms with E-state index in [1.165, 1.54) is 29.4 Å².